The van der Waals surface area contributed by atoms with Crippen molar-refractivity contribution >= 4 is 5.91 Å². The number of hydrogen-bond acceptors (Lipinski definition) is 2. The maximum absolute atomic E-state index is 12.2. The van der Waals surface area contributed by atoms with Crippen molar-refractivity contribution in [3.8, 4) is 0 Å². The van der Waals surface area contributed by atoms with Gasteiger partial charge in [0.15, 0.2) is 0 Å². The lowest BCUT2D eigenvalue weighted by Crippen LogP contribution is -2.43. The van der Waals surface area contributed by atoms with Crippen LogP contribution in [0.5, 0.6) is 0 Å². The van der Waals surface area contributed by atoms with E-state index in [-0.39, 0.29) is 0 Å². The molecule has 0 aromatic rings. The lowest BCUT2D eigenvalue weighted by molar-refractivity contribution is -0.131. The molecule has 2 atom stereocenters. The van der Waals surface area contributed by atoms with Gasteiger partial charge in [0.05, 0.1) is 0 Å². The van der Waals surface area contributed by atoms with E-state index in [1.165, 1.54) is 6.42 Å². The second kappa shape index (κ2) is 8.57. The quantitative estimate of drug-likeness (QED) is 0.769. The van der Waals surface area contributed by atoms with E-state index < -0.39 is 0 Å². The Hall–Kier alpha value is -0.570. The number of nitrogens with one attached hydrogen (secondary N) is 1. The minimum absolute atomic E-state index is 0.361. The third-order valence-corrected chi connectivity index (χ3v) is 4.41. The average molecular weight is 268 g/mol. The van der Waals surface area contributed by atoms with Crippen LogP contribution in [0.2, 0.25) is 0 Å². The van der Waals surface area contributed by atoms with Gasteiger partial charge in [0.1, 0.15) is 0 Å². The molecule has 0 aromatic heterocycles. The molecule has 0 saturated carbocycles. The maximum atomic E-state index is 12.2. The van der Waals surface area contributed by atoms with E-state index in [4.69, 9.17) is 0 Å². The summed E-state index contributed by atoms with van der Waals surface area (Å²) in [6, 6.07) is 0.458. The van der Waals surface area contributed by atoms with E-state index in [0.29, 0.717) is 17.9 Å². The lowest BCUT2D eigenvalue weighted by Gasteiger charge is -2.27. The summed E-state index contributed by atoms with van der Waals surface area (Å²) < 4.78 is 0. The van der Waals surface area contributed by atoms with Gasteiger partial charge in [-0.1, -0.05) is 27.7 Å². The Morgan fingerprint density at radius 3 is 2.63 bits per heavy atom. The molecule has 1 N–H and O–H groups in total. The number of likely N-dealkylation sites (tertiary alicyclic amines) is 1. The van der Waals surface area contributed by atoms with Crippen molar-refractivity contribution in [3.63, 3.8) is 0 Å². The van der Waals surface area contributed by atoms with Crippen LogP contribution in [0.25, 0.3) is 0 Å². The third-order valence-electron chi connectivity index (χ3n) is 4.41. The van der Waals surface area contributed by atoms with Crippen LogP contribution in [-0.2, 0) is 4.79 Å². The van der Waals surface area contributed by atoms with Crippen molar-refractivity contribution in [2.75, 3.05) is 19.6 Å². The summed E-state index contributed by atoms with van der Waals surface area (Å²) in [7, 11) is 0. The molecule has 1 aliphatic heterocycles. The van der Waals surface area contributed by atoms with Gasteiger partial charge in [-0.2, -0.15) is 0 Å². The minimum Gasteiger partial charge on any atom is -0.341 e. The number of rotatable bonds is 7. The summed E-state index contributed by atoms with van der Waals surface area (Å²) in [4.78, 5) is 14.3. The molecule has 1 amide bonds. The van der Waals surface area contributed by atoms with Crippen LogP contribution in [0.3, 0.4) is 0 Å². The van der Waals surface area contributed by atoms with E-state index in [0.717, 1.165) is 51.2 Å². The number of carbonyl (C=O) groups excluding carboxylic acids is 1. The summed E-state index contributed by atoms with van der Waals surface area (Å²) in [6.07, 6.45) is 5.24. The summed E-state index contributed by atoms with van der Waals surface area (Å²) in [5, 5.41) is 3.55. The maximum Gasteiger partial charge on any atom is 0.222 e. The zero-order valence-corrected chi connectivity index (χ0v) is 13.2. The van der Waals surface area contributed by atoms with E-state index in [1.54, 1.807) is 0 Å². The molecule has 3 heteroatoms. The highest BCUT2D eigenvalue weighted by molar-refractivity contribution is 5.76. The Morgan fingerprint density at radius 1 is 1.32 bits per heavy atom. The summed E-state index contributed by atoms with van der Waals surface area (Å²) in [5.41, 5.74) is 0. The first-order chi connectivity index (χ1) is 9.08. The van der Waals surface area contributed by atoms with Crippen LogP contribution in [-0.4, -0.2) is 36.5 Å². The summed E-state index contributed by atoms with van der Waals surface area (Å²) in [5.74, 6) is 1.78. The first-order valence-corrected chi connectivity index (χ1v) is 8.09. The van der Waals surface area contributed by atoms with E-state index in [1.807, 2.05) is 0 Å². The highest BCUT2D eigenvalue weighted by atomic mass is 16.2. The van der Waals surface area contributed by atoms with Crippen molar-refractivity contribution in [3.05, 3.63) is 0 Å². The van der Waals surface area contributed by atoms with Crippen LogP contribution in [0.4, 0.5) is 0 Å². The molecular formula is C16H32N2O. The molecule has 1 fully saturated rings. The minimum atomic E-state index is 0.361. The zero-order chi connectivity index (χ0) is 14.3. The first-order valence-electron chi connectivity index (χ1n) is 8.09. The zero-order valence-electron chi connectivity index (χ0n) is 13.2. The van der Waals surface area contributed by atoms with E-state index >= 15 is 0 Å². The van der Waals surface area contributed by atoms with Crippen LogP contribution < -0.4 is 5.32 Å². The number of nitrogens with zero attached hydrogens (tertiary/aromatic N) is 1. The Balaban J connectivity index is 2.49. The normalized spacial score (nSPS) is 22.7. The first kappa shape index (κ1) is 16.5. The highest BCUT2D eigenvalue weighted by Gasteiger charge is 2.25. The monoisotopic (exact) mass is 268 g/mol. The molecule has 2 unspecified atom stereocenters. The van der Waals surface area contributed by atoms with Gasteiger partial charge >= 0.3 is 0 Å². The fraction of sp³-hybridized carbons (Fsp3) is 0.938. The van der Waals surface area contributed by atoms with Gasteiger partial charge in [-0.3, -0.25) is 4.79 Å². The van der Waals surface area contributed by atoms with Gasteiger partial charge < -0.3 is 10.2 Å². The smallest absolute Gasteiger partial charge is 0.222 e. The standard InChI is InChI=1S/C16H32N2O/c1-5-10-17-15(6-2)12-18-11-9-14(13(3)4)7-8-16(18)19/h13-15,17H,5-12H2,1-4H3. The number of amides is 1. The number of hydrogen-bond donors (Lipinski definition) is 1. The van der Waals surface area contributed by atoms with Crippen LogP contribution >= 0.6 is 0 Å². The largest absolute Gasteiger partial charge is 0.341 e. The molecule has 0 bridgehead atoms. The second-order valence-electron chi connectivity index (χ2n) is 6.23. The third kappa shape index (κ3) is 5.52. The molecule has 1 rings (SSSR count). The molecule has 1 heterocycles. The van der Waals surface area contributed by atoms with Crippen molar-refractivity contribution in [1.82, 2.24) is 10.2 Å². The Morgan fingerprint density at radius 2 is 2.05 bits per heavy atom. The molecule has 3 nitrogen and oxygen atoms in total. The molecule has 1 aliphatic rings. The van der Waals surface area contributed by atoms with Gasteiger partial charge in [-0.15, -0.1) is 0 Å². The van der Waals surface area contributed by atoms with Gasteiger partial charge in [0, 0.05) is 25.6 Å². The molecule has 0 aliphatic carbocycles. The fourth-order valence-electron chi connectivity index (χ4n) is 2.87. The highest BCUT2D eigenvalue weighted by Crippen LogP contribution is 2.25. The van der Waals surface area contributed by atoms with Crippen molar-refractivity contribution < 1.29 is 4.79 Å². The van der Waals surface area contributed by atoms with E-state index in [9.17, 15) is 4.79 Å². The predicted octanol–water partition coefficient (Wildman–Crippen LogP) is 3.05. The number of carbonyl (C=O) groups is 1. The van der Waals surface area contributed by atoms with E-state index in [2.05, 4.69) is 37.9 Å². The molecule has 0 spiro atoms. The Bertz CT molecular complexity index is 265. The molecule has 0 aromatic carbocycles. The summed E-state index contributed by atoms with van der Waals surface area (Å²) >= 11 is 0. The molecular weight excluding hydrogens is 236 g/mol. The average Bonchev–Trinajstić information content (AvgIpc) is 2.57. The van der Waals surface area contributed by atoms with Crippen molar-refractivity contribution in [2.24, 2.45) is 11.8 Å². The van der Waals surface area contributed by atoms with Gasteiger partial charge in [0.2, 0.25) is 5.91 Å². The summed E-state index contributed by atoms with van der Waals surface area (Å²) in [6.45, 7) is 11.8. The second-order valence-corrected chi connectivity index (χ2v) is 6.23. The predicted molar refractivity (Wildman–Crippen MR) is 81.1 cm³/mol. The van der Waals surface area contributed by atoms with Gasteiger partial charge in [-0.05, 0) is 44.1 Å². The Kier molecular flexibility index (Phi) is 7.44. The molecule has 1 saturated heterocycles. The topological polar surface area (TPSA) is 32.3 Å². The van der Waals surface area contributed by atoms with Gasteiger partial charge in [-0.25, -0.2) is 0 Å². The van der Waals surface area contributed by atoms with Crippen LogP contribution in [0.1, 0.15) is 59.8 Å². The SMILES string of the molecule is CCCNC(CC)CN1CCC(C(C)C)CCC1=O. The fourth-order valence-corrected chi connectivity index (χ4v) is 2.87. The molecule has 112 valence electrons. The van der Waals surface area contributed by atoms with Gasteiger partial charge in [0.25, 0.3) is 0 Å². The van der Waals surface area contributed by atoms with Crippen molar-refractivity contribution in [1.29, 1.82) is 0 Å². The van der Waals surface area contributed by atoms with Crippen LogP contribution in [0, 0.1) is 11.8 Å². The molecule has 0 radical (unpaired) electrons. The molecule has 19 heavy (non-hydrogen) atoms. The van der Waals surface area contributed by atoms with Crippen LogP contribution in [0.15, 0.2) is 0 Å². The Labute approximate surface area is 119 Å². The van der Waals surface area contributed by atoms with Crippen molar-refractivity contribution in [2.45, 2.75) is 65.8 Å². The lowest BCUT2D eigenvalue weighted by atomic mass is 9.89.